The molecule has 0 saturated carbocycles. The highest BCUT2D eigenvalue weighted by Crippen LogP contribution is 2.30. The van der Waals surface area contributed by atoms with Crippen LogP contribution in [0.1, 0.15) is 17.2 Å². The van der Waals surface area contributed by atoms with E-state index in [-0.39, 0.29) is 16.9 Å². The van der Waals surface area contributed by atoms with Gasteiger partial charge in [0.15, 0.2) is 0 Å². The van der Waals surface area contributed by atoms with Gasteiger partial charge in [0.25, 0.3) is 0 Å². The van der Waals surface area contributed by atoms with Crippen molar-refractivity contribution in [1.82, 2.24) is 5.32 Å². The van der Waals surface area contributed by atoms with Crippen molar-refractivity contribution in [3.8, 4) is 0 Å². The van der Waals surface area contributed by atoms with Gasteiger partial charge < -0.3 is 5.32 Å². The third kappa shape index (κ3) is 3.37. The number of benzene rings is 2. The first-order chi connectivity index (χ1) is 9.52. The van der Waals surface area contributed by atoms with Gasteiger partial charge >= 0.3 is 0 Å². The van der Waals surface area contributed by atoms with Crippen molar-refractivity contribution in [3.05, 3.63) is 68.7 Å². The maximum Gasteiger partial charge on any atom is 0.142 e. The molecule has 0 spiro atoms. The van der Waals surface area contributed by atoms with Gasteiger partial charge in [-0.1, -0.05) is 39.7 Å². The molecule has 0 aliphatic carbocycles. The number of hydrogen-bond donors (Lipinski definition) is 1. The van der Waals surface area contributed by atoms with Crippen molar-refractivity contribution in [2.24, 2.45) is 0 Å². The molecule has 5 heteroatoms. The predicted octanol–water partition coefficient (Wildman–Crippen LogP) is 4.88. The summed E-state index contributed by atoms with van der Waals surface area (Å²) in [6, 6.07) is 9.00. The molecule has 0 heterocycles. The Morgan fingerprint density at radius 1 is 1.25 bits per heavy atom. The van der Waals surface area contributed by atoms with Crippen LogP contribution in [0.2, 0.25) is 5.02 Å². The topological polar surface area (TPSA) is 12.0 Å². The number of likely N-dealkylation sites (N-methyl/N-ethyl adjacent to an activating group) is 1. The van der Waals surface area contributed by atoms with Gasteiger partial charge in [0.05, 0.1) is 5.02 Å². The van der Waals surface area contributed by atoms with E-state index in [1.54, 1.807) is 25.2 Å². The van der Waals surface area contributed by atoms with Gasteiger partial charge in [-0.2, -0.15) is 0 Å². The van der Waals surface area contributed by atoms with Crippen LogP contribution >= 0.6 is 27.5 Å². The van der Waals surface area contributed by atoms with Gasteiger partial charge in [0, 0.05) is 10.5 Å². The van der Waals surface area contributed by atoms with Crippen molar-refractivity contribution >= 4 is 27.5 Å². The zero-order valence-corrected chi connectivity index (χ0v) is 13.1. The molecule has 0 bridgehead atoms. The molecular weight excluding hydrogens is 348 g/mol. The molecule has 20 heavy (non-hydrogen) atoms. The zero-order valence-electron chi connectivity index (χ0n) is 10.8. The number of hydrogen-bond acceptors (Lipinski definition) is 1. The summed E-state index contributed by atoms with van der Waals surface area (Å²) in [5.41, 5.74) is 1.45. The lowest BCUT2D eigenvalue weighted by Gasteiger charge is -2.19. The number of rotatable bonds is 4. The molecule has 2 aromatic carbocycles. The minimum Gasteiger partial charge on any atom is -0.313 e. The largest absolute Gasteiger partial charge is 0.313 e. The molecule has 0 fully saturated rings. The molecule has 1 N–H and O–H groups in total. The van der Waals surface area contributed by atoms with Crippen molar-refractivity contribution in [1.29, 1.82) is 0 Å². The summed E-state index contributed by atoms with van der Waals surface area (Å²) in [7, 11) is 1.76. The molecule has 2 rings (SSSR count). The Morgan fingerprint density at radius 3 is 2.70 bits per heavy atom. The first-order valence-corrected chi connectivity index (χ1v) is 7.25. The van der Waals surface area contributed by atoms with Crippen LogP contribution in [0, 0.1) is 11.6 Å². The van der Waals surface area contributed by atoms with E-state index < -0.39 is 5.82 Å². The highest BCUT2D eigenvalue weighted by Gasteiger charge is 2.17. The van der Waals surface area contributed by atoms with Crippen LogP contribution < -0.4 is 5.32 Å². The van der Waals surface area contributed by atoms with E-state index in [0.29, 0.717) is 12.0 Å². The smallest absolute Gasteiger partial charge is 0.142 e. The Hall–Kier alpha value is -0.970. The lowest BCUT2D eigenvalue weighted by molar-refractivity contribution is 0.572. The zero-order chi connectivity index (χ0) is 14.7. The minimum absolute atomic E-state index is 0.0966. The lowest BCUT2D eigenvalue weighted by Crippen LogP contribution is -2.19. The summed E-state index contributed by atoms with van der Waals surface area (Å²) in [4.78, 5) is 0. The second-order valence-corrected chi connectivity index (χ2v) is 5.66. The van der Waals surface area contributed by atoms with Crippen LogP contribution in [0.3, 0.4) is 0 Å². The third-order valence-corrected chi connectivity index (χ3v) is 4.31. The number of halogens is 4. The fourth-order valence-corrected chi connectivity index (χ4v) is 2.74. The first-order valence-electron chi connectivity index (χ1n) is 6.08. The molecule has 1 atom stereocenters. The summed E-state index contributed by atoms with van der Waals surface area (Å²) in [5, 5.41) is 3.18. The first kappa shape index (κ1) is 15.4. The molecule has 0 saturated heterocycles. The van der Waals surface area contributed by atoms with Gasteiger partial charge in [-0.25, -0.2) is 8.78 Å². The summed E-state index contributed by atoms with van der Waals surface area (Å²) < 4.78 is 27.7. The van der Waals surface area contributed by atoms with Crippen molar-refractivity contribution < 1.29 is 8.78 Å². The fourth-order valence-electron chi connectivity index (χ4n) is 2.08. The van der Waals surface area contributed by atoms with Crippen LogP contribution in [-0.4, -0.2) is 7.05 Å². The Balaban J connectivity index is 2.34. The van der Waals surface area contributed by atoms with Crippen LogP contribution in [-0.2, 0) is 6.42 Å². The molecule has 2 aromatic rings. The lowest BCUT2D eigenvalue weighted by atomic mass is 9.98. The molecule has 1 nitrogen and oxygen atoms in total. The molecule has 0 radical (unpaired) electrons. The Morgan fingerprint density at radius 2 is 2.00 bits per heavy atom. The molecule has 1 unspecified atom stereocenters. The van der Waals surface area contributed by atoms with E-state index in [1.165, 1.54) is 18.2 Å². The normalized spacial score (nSPS) is 12.4. The van der Waals surface area contributed by atoms with Crippen molar-refractivity contribution in [3.63, 3.8) is 0 Å². The van der Waals surface area contributed by atoms with E-state index in [2.05, 4.69) is 21.2 Å². The average Bonchev–Trinajstić information content (AvgIpc) is 2.43. The minimum atomic E-state index is -0.456. The fraction of sp³-hybridized carbons (Fsp3) is 0.200. The quantitative estimate of drug-likeness (QED) is 0.819. The maximum atomic E-state index is 13.5. The predicted molar refractivity (Wildman–Crippen MR) is 81.0 cm³/mol. The van der Waals surface area contributed by atoms with E-state index in [4.69, 9.17) is 11.6 Å². The molecule has 0 amide bonds. The van der Waals surface area contributed by atoms with Crippen LogP contribution in [0.25, 0.3) is 0 Å². The van der Waals surface area contributed by atoms with Gasteiger partial charge in [0.2, 0.25) is 0 Å². The highest BCUT2D eigenvalue weighted by molar-refractivity contribution is 9.10. The van der Waals surface area contributed by atoms with E-state index in [0.717, 1.165) is 10.0 Å². The summed E-state index contributed by atoms with van der Waals surface area (Å²) in [5.74, 6) is -0.758. The summed E-state index contributed by atoms with van der Waals surface area (Å²) in [6.45, 7) is 0. The Bertz CT molecular complexity index is 619. The van der Waals surface area contributed by atoms with Crippen LogP contribution in [0.4, 0.5) is 8.78 Å². The highest BCUT2D eigenvalue weighted by atomic mass is 79.9. The van der Waals surface area contributed by atoms with Crippen molar-refractivity contribution in [2.75, 3.05) is 7.05 Å². The van der Waals surface area contributed by atoms with Gasteiger partial charge in [-0.05, 0) is 48.9 Å². The standard InChI is InChI=1S/C15H13BrClF2N/c1-20-14(11-3-2-4-13(19)15(11)17)8-9-7-10(18)5-6-12(9)16/h2-7,14,20H,8H2,1H3. The Labute approximate surface area is 130 Å². The van der Waals surface area contributed by atoms with E-state index in [1.807, 2.05) is 0 Å². The van der Waals surface area contributed by atoms with Crippen LogP contribution in [0.15, 0.2) is 40.9 Å². The van der Waals surface area contributed by atoms with Gasteiger partial charge in [-0.15, -0.1) is 0 Å². The summed E-state index contributed by atoms with van der Waals surface area (Å²) >= 11 is 9.40. The molecule has 106 valence electrons. The van der Waals surface area contributed by atoms with Gasteiger partial charge in [0.1, 0.15) is 11.6 Å². The second-order valence-electron chi connectivity index (χ2n) is 4.42. The average molecular weight is 361 g/mol. The molecular formula is C15H13BrClF2N. The Kier molecular flexibility index (Phi) is 5.13. The van der Waals surface area contributed by atoms with Gasteiger partial charge in [-0.3, -0.25) is 0 Å². The summed E-state index contributed by atoms with van der Waals surface area (Å²) in [6.07, 6.45) is 0.498. The molecule has 0 aromatic heterocycles. The number of nitrogens with one attached hydrogen (secondary N) is 1. The molecule has 0 aliphatic rings. The van der Waals surface area contributed by atoms with Crippen molar-refractivity contribution in [2.45, 2.75) is 12.5 Å². The van der Waals surface area contributed by atoms with E-state index in [9.17, 15) is 8.78 Å². The second kappa shape index (κ2) is 6.66. The SMILES string of the molecule is CNC(Cc1cc(F)ccc1Br)c1cccc(F)c1Cl. The maximum absolute atomic E-state index is 13.5. The van der Waals surface area contributed by atoms with Crippen LogP contribution in [0.5, 0.6) is 0 Å². The monoisotopic (exact) mass is 359 g/mol. The third-order valence-electron chi connectivity index (χ3n) is 3.14. The van der Waals surface area contributed by atoms with E-state index >= 15 is 0 Å². The molecule has 0 aliphatic heterocycles.